The molecule has 2 saturated heterocycles. The largest absolute Gasteiger partial charge is 0.481 e. The van der Waals surface area contributed by atoms with Crippen molar-refractivity contribution in [2.75, 3.05) is 39.9 Å². The highest BCUT2D eigenvalue weighted by molar-refractivity contribution is 5.98. The summed E-state index contributed by atoms with van der Waals surface area (Å²) in [6.07, 6.45) is 0. The van der Waals surface area contributed by atoms with Crippen molar-refractivity contribution in [3.8, 4) is 5.88 Å². The van der Waals surface area contributed by atoms with Gasteiger partial charge < -0.3 is 19.6 Å². The van der Waals surface area contributed by atoms with Gasteiger partial charge >= 0.3 is 0 Å². The van der Waals surface area contributed by atoms with Crippen LogP contribution in [0.4, 0.5) is 0 Å². The van der Waals surface area contributed by atoms with Gasteiger partial charge in [0.05, 0.1) is 31.5 Å². The van der Waals surface area contributed by atoms with Crippen LogP contribution in [0.1, 0.15) is 42.4 Å². The molecule has 0 aliphatic carbocycles. The second-order valence-corrected chi connectivity index (χ2v) is 8.96. The molecule has 8 nitrogen and oxygen atoms in total. The van der Waals surface area contributed by atoms with Crippen molar-refractivity contribution in [2.24, 2.45) is 11.3 Å². The van der Waals surface area contributed by atoms with Crippen molar-refractivity contribution >= 4 is 11.8 Å². The molecule has 0 saturated carbocycles. The fourth-order valence-electron chi connectivity index (χ4n) is 5.09. The molecule has 0 aromatic carbocycles. The number of carbonyl (C=O) groups is 2. The molecule has 29 heavy (non-hydrogen) atoms. The number of rotatable bonds is 5. The van der Waals surface area contributed by atoms with E-state index in [0.29, 0.717) is 44.2 Å². The van der Waals surface area contributed by atoms with Crippen LogP contribution in [0.3, 0.4) is 0 Å². The molecule has 8 heteroatoms. The first-order chi connectivity index (χ1) is 13.8. The summed E-state index contributed by atoms with van der Waals surface area (Å²) in [5.74, 6) is 0.899. The molecular weight excluding hydrogens is 372 g/mol. The van der Waals surface area contributed by atoms with Crippen LogP contribution in [-0.4, -0.2) is 82.5 Å². The minimum Gasteiger partial charge on any atom is -0.481 e. The maximum Gasteiger partial charge on any atom is 0.256 e. The molecular formula is C21H30N4O4. The average molecular weight is 402 g/mol. The number of hydrogen-bond donors (Lipinski definition) is 1. The second kappa shape index (κ2) is 7.25. The van der Waals surface area contributed by atoms with Gasteiger partial charge in [0.15, 0.2) is 0 Å². The third kappa shape index (κ3) is 3.28. The van der Waals surface area contributed by atoms with E-state index in [9.17, 15) is 14.7 Å². The Morgan fingerprint density at radius 1 is 1.38 bits per heavy atom. The number of amides is 2. The minimum atomic E-state index is -0.271. The van der Waals surface area contributed by atoms with Crippen LogP contribution >= 0.6 is 0 Å². The van der Waals surface area contributed by atoms with Gasteiger partial charge in [-0.2, -0.15) is 0 Å². The number of hydrogen-bond acceptors (Lipinski definition) is 6. The van der Waals surface area contributed by atoms with E-state index in [1.165, 1.54) is 0 Å². The van der Waals surface area contributed by atoms with Crippen molar-refractivity contribution in [1.82, 2.24) is 19.7 Å². The quantitative estimate of drug-likeness (QED) is 0.781. The van der Waals surface area contributed by atoms with Crippen molar-refractivity contribution in [1.29, 1.82) is 0 Å². The Balaban J connectivity index is 1.54. The van der Waals surface area contributed by atoms with Crippen LogP contribution in [0.5, 0.6) is 5.88 Å². The van der Waals surface area contributed by atoms with E-state index in [1.807, 2.05) is 29.7 Å². The maximum absolute atomic E-state index is 12.7. The molecule has 0 spiro atoms. The zero-order valence-electron chi connectivity index (χ0n) is 17.6. The number of likely N-dealkylation sites (tertiary alicyclic amines) is 2. The number of nitrogens with zero attached hydrogens (tertiary/aromatic N) is 4. The number of aliphatic hydroxyl groups is 1. The molecule has 2 atom stereocenters. The predicted molar refractivity (Wildman–Crippen MR) is 106 cm³/mol. The summed E-state index contributed by atoms with van der Waals surface area (Å²) in [6.45, 7) is 9.59. The summed E-state index contributed by atoms with van der Waals surface area (Å²) in [5.41, 5.74) is 2.05. The first kappa shape index (κ1) is 20.1. The Bertz CT molecular complexity index is 842. The van der Waals surface area contributed by atoms with Crippen molar-refractivity contribution in [3.63, 3.8) is 0 Å². The second-order valence-electron chi connectivity index (χ2n) is 8.96. The van der Waals surface area contributed by atoms with E-state index in [4.69, 9.17) is 4.74 Å². The fourth-order valence-corrected chi connectivity index (χ4v) is 5.09. The number of aliphatic hydroxyl groups excluding tert-OH is 1. The van der Waals surface area contributed by atoms with Crippen LogP contribution in [0, 0.1) is 11.3 Å². The number of ether oxygens (including phenoxy) is 1. The SMILES string of the molecule is COc1nc2c(cc1CN1C[C@H]3CN(C(C)=O)C[C@@]3(CO)C1)C(=O)N(C(C)C)C2. The molecule has 158 valence electrons. The third-order valence-corrected chi connectivity index (χ3v) is 6.75. The van der Waals surface area contributed by atoms with Gasteiger partial charge in [-0.05, 0) is 25.8 Å². The Kier molecular flexibility index (Phi) is 5.02. The monoisotopic (exact) mass is 402 g/mol. The molecule has 4 rings (SSSR count). The topological polar surface area (TPSA) is 86.2 Å². The van der Waals surface area contributed by atoms with Gasteiger partial charge in [-0.15, -0.1) is 0 Å². The van der Waals surface area contributed by atoms with Gasteiger partial charge in [-0.1, -0.05) is 0 Å². The molecule has 1 aromatic heterocycles. The van der Waals surface area contributed by atoms with Gasteiger partial charge in [-0.25, -0.2) is 4.98 Å². The predicted octanol–water partition coefficient (Wildman–Crippen LogP) is 0.727. The van der Waals surface area contributed by atoms with Gasteiger partial charge in [0, 0.05) is 56.7 Å². The van der Waals surface area contributed by atoms with E-state index < -0.39 is 0 Å². The van der Waals surface area contributed by atoms with E-state index in [0.717, 1.165) is 17.8 Å². The third-order valence-electron chi connectivity index (χ3n) is 6.75. The molecule has 0 unspecified atom stereocenters. The summed E-state index contributed by atoms with van der Waals surface area (Å²) < 4.78 is 5.54. The molecule has 1 aromatic rings. The highest BCUT2D eigenvalue weighted by Gasteiger charge is 2.52. The number of carbonyl (C=O) groups excluding carboxylic acids is 2. The Hall–Kier alpha value is -2.19. The minimum absolute atomic E-state index is 0.0219. The van der Waals surface area contributed by atoms with Gasteiger partial charge in [0.1, 0.15) is 0 Å². The molecule has 2 amide bonds. The van der Waals surface area contributed by atoms with E-state index in [1.54, 1.807) is 14.0 Å². The lowest BCUT2D eigenvalue weighted by Crippen LogP contribution is -2.38. The average Bonchev–Trinajstić information content (AvgIpc) is 3.30. The van der Waals surface area contributed by atoms with Crippen LogP contribution in [0.25, 0.3) is 0 Å². The number of fused-ring (bicyclic) bond motifs is 2. The van der Waals surface area contributed by atoms with Gasteiger partial charge in [0.2, 0.25) is 11.8 Å². The van der Waals surface area contributed by atoms with Gasteiger partial charge in [0.25, 0.3) is 5.91 Å². The number of aromatic nitrogens is 1. The molecule has 1 N–H and O–H groups in total. The summed E-state index contributed by atoms with van der Waals surface area (Å²) in [4.78, 5) is 35.1. The first-order valence-electron chi connectivity index (χ1n) is 10.2. The van der Waals surface area contributed by atoms with Crippen molar-refractivity contribution in [3.05, 3.63) is 22.9 Å². The standard InChI is InChI=1S/C21H30N4O4/c1-13(2)25-9-18-17(20(25)28)5-15(19(22-18)29-4)6-23-7-16-8-24(14(3)27)11-21(16,10-23)12-26/h5,13,16,26H,6-12H2,1-4H3/t16-,21+/m0/s1. The lowest BCUT2D eigenvalue weighted by atomic mass is 9.82. The molecule has 3 aliphatic heterocycles. The normalized spacial score (nSPS) is 26.4. The van der Waals surface area contributed by atoms with Gasteiger partial charge in [-0.3, -0.25) is 14.5 Å². The summed E-state index contributed by atoms with van der Waals surface area (Å²) in [7, 11) is 1.61. The van der Waals surface area contributed by atoms with Crippen LogP contribution < -0.4 is 4.74 Å². The summed E-state index contributed by atoms with van der Waals surface area (Å²) in [6, 6.07) is 2.05. The number of methoxy groups -OCH3 is 1. The Morgan fingerprint density at radius 3 is 2.72 bits per heavy atom. The smallest absolute Gasteiger partial charge is 0.256 e. The molecule has 4 heterocycles. The fraction of sp³-hybridized carbons (Fsp3) is 0.667. The lowest BCUT2D eigenvalue weighted by Gasteiger charge is -2.27. The summed E-state index contributed by atoms with van der Waals surface area (Å²) >= 11 is 0. The molecule has 0 radical (unpaired) electrons. The lowest BCUT2D eigenvalue weighted by molar-refractivity contribution is -0.128. The van der Waals surface area contributed by atoms with Crippen molar-refractivity contribution in [2.45, 2.75) is 39.9 Å². The van der Waals surface area contributed by atoms with E-state index in [-0.39, 0.29) is 35.8 Å². The van der Waals surface area contributed by atoms with Crippen LogP contribution in [0.15, 0.2) is 6.07 Å². The molecule has 3 aliphatic rings. The van der Waals surface area contributed by atoms with E-state index >= 15 is 0 Å². The Labute approximate surface area is 171 Å². The molecule has 0 bridgehead atoms. The zero-order chi connectivity index (χ0) is 20.9. The van der Waals surface area contributed by atoms with Crippen LogP contribution in [-0.2, 0) is 17.9 Å². The zero-order valence-corrected chi connectivity index (χ0v) is 17.6. The highest BCUT2D eigenvalue weighted by Crippen LogP contribution is 2.43. The molecule has 2 fully saturated rings. The Morgan fingerprint density at radius 2 is 2.14 bits per heavy atom. The first-order valence-corrected chi connectivity index (χ1v) is 10.2. The number of pyridine rings is 1. The highest BCUT2D eigenvalue weighted by atomic mass is 16.5. The van der Waals surface area contributed by atoms with E-state index in [2.05, 4.69) is 9.88 Å². The van der Waals surface area contributed by atoms with Crippen LogP contribution in [0.2, 0.25) is 0 Å². The van der Waals surface area contributed by atoms with Crippen molar-refractivity contribution < 1.29 is 19.4 Å². The summed E-state index contributed by atoms with van der Waals surface area (Å²) in [5, 5.41) is 10.1. The maximum atomic E-state index is 12.7.